The highest BCUT2D eigenvalue weighted by molar-refractivity contribution is 4.91. The van der Waals surface area contributed by atoms with Gasteiger partial charge in [0.05, 0.1) is 24.9 Å². The highest BCUT2D eigenvalue weighted by Gasteiger charge is 2.18. The molecule has 6 nitrogen and oxygen atoms in total. The smallest absolute Gasteiger partial charge is 0.0964 e. The average molecular weight is 225 g/mol. The molecule has 0 aromatic carbocycles. The lowest BCUT2D eigenvalue weighted by molar-refractivity contribution is -0.0292. The lowest BCUT2D eigenvalue weighted by atomic mass is 10.3. The Hall–Kier alpha value is -0.980. The molecule has 1 saturated heterocycles. The van der Waals surface area contributed by atoms with Crippen molar-refractivity contribution >= 4 is 0 Å². The fraction of sp³-hybridized carbons (Fsp3) is 0.800. The Morgan fingerprint density at radius 2 is 2.50 bits per heavy atom. The molecule has 1 aliphatic heterocycles. The Morgan fingerprint density at radius 3 is 3.25 bits per heavy atom. The summed E-state index contributed by atoms with van der Waals surface area (Å²) in [5.74, 6) is 0. The van der Waals surface area contributed by atoms with Gasteiger partial charge in [-0.05, 0) is 14.1 Å². The van der Waals surface area contributed by atoms with E-state index in [1.165, 1.54) is 0 Å². The monoisotopic (exact) mass is 225 g/mol. The van der Waals surface area contributed by atoms with Gasteiger partial charge in [0, 0.05) is 25.8 Å². The molecule has 2 rings (SSSR count). The van der Waals surface area contributed by atoms with Crippen LogP contribution in [0.4, 0.5) is 0 Å². The molecule has 0 spiro atoms. The fourth-order valence-corrected chi connectivity index (χ4v) is 1.88. The molecule has 1 atom stereocenters. The van der Waals surface area contributed by atoms with E-state index in [1.807, 2.05) is 17.9 Å². The van der Waals surface area contributed by atoms with Crippen molar-refractivity contribution in [3.63, 3.8) is 0 Å². The van der Waals surface area contributed by atoms with Crippen LogP contribution in [0.2, 0.25) is 0 Å². The van der Waals surface area contributed by atoms with Gasteiger partial charge in [0.1, 0.15) is 0 Å². The van der Waals surface area contributed by atoms with Crippen LogP contribution in [-0.4, -0.2) is 59.8 Å². The Balaban J connectivity index is 1.87. The molecular formula is C10H19N5O. The van der Waals surface area contributed by atoms with Gasteiger partial charge in [0.15, 0.2) is 0 Å². The van der Waals surface area contributed by atoms with Gasteiger partial charge >= 0.3 is 0 Å². The predicted octanol–water partition coefficient (Wildman–Crippen LogP) is -0.672. The van der Waals surface area contributed by atoms with Crippen LogP contribution in [0.15, 0.2) is 6.20 Å². The molecule has 0 amide bonds. The molecule has 2 heterocycles. The molecule has 1 N–H and O–H groups in total. The second-order valence-electron chi connectivity index (χ2n) is 4.22. The maximum atomic E-state index is 5.68. The highest BCUT2D eigenvalue weighted by Crippen LogP contribution is 2.05. The zero-order valence-electron chi connectivity index (χ0n) is 9.89. The average Bonchev–Trinajstić information content (AvgIpc) is 2.66. The minimum Gasteiger partial charge on any atom is -0.374 e. The molecule has 1 fully saturated rings. The summed E-state index contributed by atoms with van der Waals surface area (Å²) < 4.78 is 7.53. The van der Waals surface area contributed by atoms with Crippen LogP contribution in [0.3, 0.4) is 0 Å². The first-order chi connectivity index (χ1) is 7.78. The number of ether oxygens (including phenoxy) is 1. The zero-order chi connectivity index (χ0) is 11.4. The van der Waals surface area contributed by atoms with Crippen LogP contribution in [0.25, 0.3) is 0 Å². The molecule has 1 aliphatic rings. The number of aromatic nitrogens is 3. The van der Waals surface area contributed by atoms with E-state index in [0.717, 1.165) is 38.5 Å². The van der Waals surface area contributed by atoms with E-state index in [-0.39, 0.29) is 6.10 Å². The number of hydrogen-bond acceptors (Lipinski definition) is 5. The maximum absolute atomic E-state index is 5.68. The van der Waals surface area contributed by atoms with Crippen molar-refractivity contribution in [2.45, 2.75) is 19.2 Å². The molecule has 6 heteroatoms. The third-order valence-corrected chi connectivity index (χ3v) is 2.68. The van der Waals surface area contributed by atoms with Crippen molar-refractivity contribution in [1.29, 1.82) is 0 Å². The normalized spacial score (nSPS) is 22.5. The Labute approximate surface area is 95.6 Å². The topological polar surface area (TPSA) is 55.2 Å². The van der Waals surface area contributed by atoms with Crippen molar-refractivity contribution in [3.8, 4) is 0 Å². The van der Waals surface area contributed by atoms with Crippen molar-refractivity contribution in [3.05, 3.63) is 11.9 Å². The maximum Gasteiger partial charge on any atom is 0.0964 e. The molecule has 90 valence electrons. The van der Waals surface area contributed by atoms with Crippen LogP contribution >= 0.6 is 0 Å². The Kier molecular flexibility index (Phi) is 3.87. The summed E-state index contributed by atoms with van der Waals surface area (Å²) in [6.45, 7) is 4.31. The Bertz CT molecular complexity index is 327. The summed E-state index contributed by atoms with van der Waals surface area (Å²) in [4.78, 5) is 2.28. The SMILES string of the molecule is CNCc1cn(CC2CN(C)CCO2)nn1. The van der Waals surface area contributed by atoms with Gasteiger partial charge < -0.3 is 15.0 Å². The number of likely N-dealkylation sites (N-methyl/N-ethyl adjacent to an activating group) is 1. The Morgan fingerprint density at radius 1 is 1.62 bits per heavy atom. The van der Waals surface area contributed by atoms with E-state index in [1.54, 1.807) is 0 Å². The third-order valence-electron chi connectivity index (χ3n) is 2.68. The summed E-state index contributed by atoms with van der Waals surface area (Å²) in [7, 11) is 4.02. The first-order valence-corrected chi connectivity index (χ1v) is 5.61. The lowest BCUT2D eigenvalue weighted by Crippen LogP contribution is -2.42. The quantitative estimate of drug-likeness (QED) is 0.736. The van der Waals surface area contributed by atoms with E-state index in [9.17, 15) is 0 Å². The molecular weight excluding hydrogens is 206 g/mol. The van der Waals surface area contributed by atoms with Crippen LogP contribution in [0.1, 0.15) is 5.69 Å². The van der Waals surface area contributed by atoms with Gasteiger partial charge in [-0.2, -0.15) is 0 Å². The van der Waals surface area contributed by atoms with Crippen molar-refractivity contribution in [2.75, 3.05) is 33.8 Å². The lowest BCUT2D eigenvalue weighted by Gasteiger charge is -2.29. The van der Waals surface area contributed by atoms with E-state index in [2.05, 4.69) is 27.6 Å². The second-order valence-corrected chi connectivity index (χ2v) is 4.22. The van der Waals surface area contributed by atoms with E-state index in [4.69, 9.17) is 4.74 Å². The number of nitrogens with one attached hydrogen (secondary N) is 1. The molecule has 16 heavy (non-hydrogen) atoms. The van der Waals surface area contributed by atoms with Gasteiger partial charge in [-0.15, -0.1) is 5.10 Å². The predicted molar refractivity (Wildman–Crippen MR) is 60.0 cm³/mol. The summed E-state index contributed by atoms with van der Waals surface area (Å²) in [5.41, 5.74) is 0.965. The fourth-order valence-electron chi connectivity index (χ4n) is 1.88. The molecule has 1 unspecified atom stereocenters. The zero-order valence-corrected chi connectivity index (χ0v) is 9.89. The minimum absolute atomic E-state index is 0.225. The first-order valence-electron chi connectivity index (χ1n) is 5.61. The van der Waals surface area contributed by atoms with Crippen molar-refractivity contribution in [1.82, 2.24) is 25.2 Å². The van der Waals surface area contributed by atoms with Crippen LogP contribution in [0, 0.1) is 0 Å². The van der Waals surface area contributed by atoms with E-state index >= 15 is 0 Å². The van der Waals surface area contributed by atoms with Gasteiger partial charge in [0.25, 0.3) is 0 Å². The van der Waals surface area contributed by atoms with Crippen LogP contribution in [-0.2, 0) is 17.8 Å². The molecule has 1 aromatic rings. The van der Waals surface area contributed by atoms with Crippen LogP contribution in [0.5, 0.6) is 0 Å². The van der Waals surface area contributed by atoms with Gasteiger partial charge in [-0.1, -0.05) is 5.21 Å². The number of rotatable bonds is 4. The molecule has 1 aromatic heterocycles. The summed E-state index contributed by atoms with van der Waals surface area (Å²) in [6.07, 6.45) is 2.19. The number of hydrogen-bond donors (Lipinski definition) is 1. The van der Waals surface area contributed by atoms with Crippen molar-refractivity contribution < 1.29 is 4.74 Å². The largest absolute Gasteiger partial charge is 0.374 e. The second kappa shape index (κ2) is 5.38. The summed E-state index contributed by atoms with van der Waals surface area (Å²) in [6, 6.07) is 0. The van der Waals surface area contributed by atoms with E-state index in [0.29, 0.717) is 0 Å². The third kappa shape index (κ3) is 3.01. The van der Waals surface area contributed by atoms with Crippen LogP contribution < -0.4 is 5.32 Å². The van der Waals surface area contributed by atoms with Gasteiger partial charge in [-0.3, -0.25) is 0 Å². The summed E-state index contributed by atoms with van der Waals surface area (Å²) >= 11 is 0. The first kappa shape index (κ1) is 11.5. The van der Waals surface area contributed by atoms with E-state index < -0.39 is 0 Å². The standard InChI is InChI=1S/C10H19N5O/c1-11-5-9-6-15(13-12-9)8-10-7-14(2)3-4-16-10/h6,10-11H,3-5,7-8H2,1-2H3. The molecule has 0 saturated carbocycles. The van der Waals surface area contributed by atoms with Crippen molar-refractivity contribution in [2.24, 2.45) is 0 Å². The minimum atomic E-state index is 0.225. The summed E-state index contributed by atoms with van der Waals surface area (Å²) in [5, 5.41) is 11.2. The molecule has 0 bridgehead atoms. The molecule has 0 radical (unpaired) electrons. The van der Waals surface area contributed by atoms with Gasteiger partial charge in [0.2, 0.25) is 0 Å². The van der Waals surface area contributed by atoms with Gasteiger partial charge in [-0.25, -0.2) is 4.68 Å². The highest BCUT2D eigenvalue weighted by atomic mass is 16.5. The molecule has 0 aliphatic carbocycles. The number of nitrogens with zero attached hydrogens (tertiary/aromatic N) is 4. The number of morpholine rings is 1.